The molecule has 0 aliphatic heterocycles. The number of carbonyl (C=O) groups excluding carboxylic acids is 1. The quantitative estimate of drug-likeness (QED) is 0.234. The summed E-state index contributed by atoms with van der Waals surface area (Å²) in [6.07, 6.45) is 0. The highest BCUT2D eigenvalue weighted by atomic mass is 32.2. The van der Waals surface area contributed by atoms with E-state index in [9.17, 15) is 14.9 Å². The van der Waals surface area contributed by atoms with Gasteiger partial charge in [-0.05, 0) is 18.4 Å². The average molecular weight is 459 g/mol. The molecule has 152 valence electrons. The minimum Gasteiger partial charge on any atom is -0.301 e. The Balaban J connectivity index is 1.39. The van der Waals surface area contributed by atoms with Crippen molar-refractivity contribution >= 4 is 51.2 Å². The third-order valence-electron chi connectivity index (χ3n) is 3.96. The van der Waals surface area contributed by atoms with Gasteiger partial charge in [0.05, 0.1) is 20.7 Å². The predicted molar refractivity (Wildman–Crippen MR) is 118 cm³/mol. The van der Waals surface area contributed by atoms with Gasteiger partial charge in [0, 0.05) is 23.1 Å². The number of benzene rings is 1. The Morgan fingerprint density at radius 2 is 2.13 bits per heavy atom. The van der Waals surface area contributed by atoms with Crippen molar-refractivity contribution in [3.8, 4) is 22.0 Å². The molecule has 3 heterocycles. The van der Waals surface area contributed by atoms with Gasteiger partial charge in [-0.2, -0.15) is 0 Å². The number of anilines is 1. The fraction of sp³-hybridized carbons (Fsp3) is 0.111. The number of nitro groups is 1. The minimum atomic E-state index is -0.454. The van der Waals surface area contributed by atoms with Crippen LogP contribution in [0.2, 0.25) is 0 Å². The number of thiophene rings is 1. The molecule has 0 radical (unpaired) electrons. The van der Waals surface area contributed by atoms with E-state index in [1.165, 1.54) is 35.2 Å². The van der Waals surface area contributed by atoms with Crippen molar-refractivity contribution in [1.29, 1.82) is 0 Å². The molecular weight excluding hydrogens is 444 g/mol. The molecule has 0 spiro atoms. The van der Waals surface area contributed by atoms with Crippen LogP contribution in [0.1, 0.15) is 6.92 Å². The molecule has 3 aromatic heterocycles. The first-order valence-corrected chi connectivity index (χ1v) is 11.3. The number of nitrogens with zero attached hydrogens (tertiary/aromatic N) is 4. The number of thioether (sulfide) groups is 1. The van der Waals surface area contributed by atoms with Gasteiger partial charge in [0.25, 0.3) is 5.69 Å². The molecular formula is C18H14N6O3S3. The van der Waals surface area contributed by atoms with Gasteiger partial charge in [0.2, 0.25) is 11.1 Å². The fourth-order valence-electron chi connectivity index (χ4n) is 2.48. The lowest BCUT2D eigenvalue weighted by atomic mass is 10.1. The standard InChI is InChI=1S/C18H14N6O3S3/c1-10(30-18-20-15(22-23-18)14-6-3-7-28-14)16(25)21-17-19-13(9-29-17)11-4-2-5-12(8-11)24(26)27/h2-10H,1H3,(H,19,21,25)(H,20,22,23). The number of thiazole rings is 1. The Kier molecular flexibility index (Phi) is 5.88. The number of rotatable bonds is 7. The monoisotopic (exact) mass is 458 g/mol. The van der Waals surface area contributed by atoms with Gasteiger partial charge in [-0.25, -0.2) is 9.97 Å². The van der Waals surface area contributed by atoms with Crippen LogP contribution in [0.5, 0.6) is 0 Å². The van der Waals surface area contributed by atoms with Gasteiger partial charge in [-0.3, -0.25) is 20.0 Å². The molecule has 4 rings (SSSR count). The van der Waals surface area contributed by atoms with E-state index in [-0.39, 0.29) is 11.6 Å². The van der Waals surface area contributed by atoms with Crippen molar-refractivity contribution in [2.75, 3.05) is 5.32 Å². The first kappa shape index (κ1) is 20.2. The maximum Gasteiger partial charge on any atom is 0.270 e. The number of hydrogen-bond donors (Lipinski definition) is 2. The van der Waals surface area contributed by atoms with Crippen molar-refractivity contribution in [3.63, 3.8) is 0 Å². The molecule has 0 bridgehead atoms. The number of non-ortho nitro benzene ring substituents is 1. The highest BCUT2D eigenvalue weighted by Crippen LogP contribution is 2.29. The molecule has 12 heteroatoms. The number of hydrogen-bond acceptors (Lipinski definition) is 9. The fourth-order valence-corrected chi connectivity index (χ4v) is 4.59. The Hall–Kier alpha value is -3.09. The number of H-pyrrole nitrogens is 1. The number of carbonyl (C=O) groups is 1. The second kappa shape index (κ2) is 8.73. The molecule has 0 aliphatic rings. The van der Waals surface area contributed by atoms with E-state index in [1.54, 1.807) is 35.8 Å². The summed E-state index contributed by atoms with van der Waals surface area (Å²) < 4.78 is 0. The van der Waals surface area contributed by atoms with Crippen LogP contribution in [-0.2, 0) is 4.79 Å². The van der Waals surface area contributed by atoms with Crippen LogP contribution in [0.15, 0.2) is 52.3 Å². The van der Waals surface area contributed by atoms with Crippen LogP contribution < -0.4 is 5.32 Å². The summed E-state index contributed by atoms with van der Waals surface area (Å²) in [6.45, 7) is 1.76. The Bertz CT molecular complexity index is 1190. The zero-order chi connectivity index (χ0) is 21.1. The molecule has 0 saturated carbocycles. The number of nitro benzene ring substituents is 1. The number of nitrogens with one attached hydrogen (secondary N) is 2. The summed E-state index contributed by atoms with van der Waals surface area (Å²) in [5.41, 5.74) is 1.17. The molecule has 0 aliphatic carbocycles. The van der Waals surface area contributed by atoms with Crippen LogP contribution in [0.25, 0.3) is 22.0 Å². The van der Waals surface area contributed by atoms with Gasteiger partial charge >= 0.3 is 0 Å². The number of amides is 1. The maximum atomic E-state index is 12.5. The highest BCUT2D eigenvalue weighted by molar-refractivity contribution is 8.00. The van der Waals surface area contributed by atoms with E-state index in [1.807, 2.05) is 17.5 Å². The van der Waals surface area contributed by atoms with Gasteiger partial charge in [-0.15, -0.1) is 27.8 Å². The molecule has 1 aromatic carbocycles. The van der Waals surface area contributed by atoms with E-state index in [2.05, 4.69) is 25.5 Å². The molecule has 0 fully saturated rings. The van der Waals surface area contributed by atoms with Gasteiger partial charge < -0.3 is 5.32 Å². The molecule has 9 nitrogen and oxygen atoms in total. The normalized spacial score (nSPS) is 11.9. The molecule has 30 heavy (non-hydrogen) atoms. The van der Waals surface area contributed by atoms with Gasteiger partial charge in [-0.1, -0.05) is 30.0 Å². The van der Waals surface area contributed by atoms with E-state index in [0.29, 0.717) is 27.4 Å². The van der Waals surface area contributed by atoms with Crippen molar-refractivity contribution < 1.29 is 9.72 Å². The Labute approximate surface area is 182 Å². The lowest BCUT2D eigenvalue weighted by Gasteiger charge is -2.07. The van der Waals surface area contributed by atoms with Crippen LogP contribution >= 0.6 is 34.4 Å². The molecule has 4 aromatic rings. The minimum absolute atomic E-state index is 0.00970. The van der Waals surface area contributed by atoms with Crippen LogP contribution in [-0.4, -0.2) is 36.2 Å². The van der Waals surface area contributed by atoms with Crippen LogP contribution in [0.4, 0.5) is 10.8 Å². The van der Waals surface area contributed by atoms with Crippen molar-refractivity contribution in [1.82, 2.24) is 20.2 Å². The predicted octanol–water partition coefficient (Wildman–Crippen LogP) is 4.68. The van der Waals surface area contributed by atoms with E-state index in [4.69, 9.17) is 0 Å². The zero-order valence-corrected chi connectivity index (χ0v) is 17.9. The third kappa shape index (κ3) is 4.56. The zero-order valence-electron chi connectivity index (χ0n) is 15.4. The number of aromatic nitrogens is 4. The Morgan fingerprint density at radius 3 is 2.90 bits per heavy atom. The summed E-state index contributed by atoms with van der Waals surface area (Å²) in [7, 11) is 0. The lowest BCUT2D eigenvalue weighted by molar-refractivity contribution is -0.384. The van der Waals surface area contributed by atoms with E-state index < -0.39 is 10.2 Å². The molecule has 1 amide bonds. The SMILES string of the molecule is CC(Sc1n[nH]c(-c2cccs2)n1)C(=O)Nc1nc(-c2cccc([N+](=O)[O-])c2)cs1. The Morgan fingerprint density at radius 1 is 1.27 bits per heavy atom. The summed E-state index contributed by atoms with van der Waals surface area (Å²) >= 11 is 4.05. The maximum absolute atomic E-state index is 12.5. The van der Waals surface area contributed by atoms with Gasteiger partial charge in [0.15, 0.2) is 11.0 Å². The highest BCUT2D eigenvalue weighted by Gasteiger charge is 2.19. The second-order valence-corrected chi connectivity index (χ2v) is 9.15. The van der Waals surface area contributed by atoms with Crippen LogP contribution in [0, 0.1) is 10.1 Å². The van der Waals surface area contributed by atoms with Crippen molar-refractivity contribution in [3.05, 3.63) is 57.3 Å². The lowest BCUT2D eigenvalue weighted by Crippen LogP contribution is -2.22. The smallest absolute Gasteiger partial charge is 0.270 e. The average Bonchev–Trinajstić information content (AvgIpc) is 3.49. The van der Waals surface area contributed by atoms with Crippen molar-refractivity contribution in [2.24, 2.45) is 0 Å². The molecule has 1 atom stereocenters. The van der Waals surface area contributed by atoms with E-state index >= 15 is 0 Å². The van der Waals surface area contributed by atoms with E-state index in [0.717, 1.165) is 4.88 Å². The topological polar surface area (TPSA) is 127 Å². The molecule has 2 N–H and O–H groups in total. The summed E-state index contributed by atoms with van der Waals surface area (Å²) in [4.78, 5) is 32.8. The summed E-state index contributed by atoms with van der Waals surface area (Å²) in [5.74, 6) is 0.434. The first-order chi connectivity index (χ1) is 14.5. The molecule has 1 unspecified atom stereocenters. The molecule has 0 saturated heterocycles. The first-order valence-electron chi connectivity index (χ1n) is 8.64. The van der Waals surface area contributed by atoms with Crippen molar-refractivity contribution in [2.45, 2.75) is 17.3 Å². The number of aromatic amines is 1. The summed E-state index contributed by atoms with van der Waals surface area (Å²) in [5, 5.41) is 24.9. The second-order valence-electron chi connectivity index (χ2n) is 6.04. The third-order valence-corrected chi connectivity index (χ3v) is 6.55. The largest absolute Gasteiger partial charge is 0.301 e. The van der Waals surface area contributed by atoms with Crippen LogP contribution in [0.3, 0.4) is 0 Å². The summed E-state index contributed by atoms with van der Waals surface area (Å²) in [6, 6.07) is 10.1. The van der Waals surface area contributed by atoms with Gasteiger partial charge in [0.1, 0.15) is 0 Å².